The molecule has 0 unspecified atom stereocenters. The van der Waals surface area contributed by atoms with Crippen molar-refractivity contribution in [1.29, 1.82) is 0 Å². The molecule has 0 fully saturated rings. The van der Waals surface area contributed by atoms with Crippen molar-refractivity contribution >= 4 is 19.7 Å². The summed E-state index contributed by atoms with van der Waals surface area (Å²) >= 11 is 1.40. The molecule has 0 aliphatic carbocycles. The van der Waals surface area contributed by atoms with Crippen molar-refractivity contribution < 1.29 is 0 Å². The monoisotopic (exact) mass is 104 g/mol. The van der Waals surface area contributed by atoms with E-state index in [9.17, 15) is 0 Å². The average Bonchev–Trinajstić information content (AvgIpc) is 1.76. The summed E-state index contributed by atoms with van der Waals surface area (Å²) in [6.45, 7) is 1.15. The van der Waals surface area contributed by atoms with Crippen LogP contribution in [0, 0.1) is 0 Å². The Hall–Kier alpha value is 0.367. The van der Waals surface area contributed by atoms with Gasteiger partial charge in [-0.2, -0.15) is 0 Å². The number of hydrogen-bond acceptors (Lipinski definition) is 1. The fourth-order valence-electron chi connectivity index (χ4n) is 0.289. The van der Waals surface area contributed by atoms with E-state index in [0.717, 1.165) is 15.2 Å². The van der Waals surface area contributed by atoms with Gasteiger partial charge in [0.25, 0.3) is 0 Å². The molecule has 0 bridgehead atoms. The first-order chi connectivity index (χ1) is 2.50. The molecule has 3 heteroatoms. The minimum absolute atomic E-state index is 0.731. The van der Waals surface area contributed by atoms with Gasteiger partial charge in [0.2, 0.25) is 0 Å². The van der Waals surface area contributed by atoms with E-state index in [0.29, 0.717) is 0 Å². The summed E-state index contributed by atoms with van der Waals surface area (Å²) in [6, 6.07) is 1.40. The van der Waals surface area contributed by atoms with Gasteiger partial charge in [-0.1, -0.05) is 0 Å². The lowest BCUT2D eigenvalue weighted by atomic mass is 10.8. The summed E-state index contributed by atoms with van der Waals surface area (Å²) in [7, 11) is 0.731. The van der Waals surface area contributed by atoms with Crippen molar-refractivity contribution in [2.75, 3.05) is 6.54 Å². The van der Waals surface area contributed by atoms with E-state index >= 15 is 0 Å². The van der Waals surface area contributed by atoms with Crippen molar-refractivity contribution in [3.05, 3.63) is 0 Å². The fraction of sp³-hybridized carbons (Fsp3) is 1.00. The van der Waals surface area contributed by atoms with Crippen LogP contribution in [0.1, 0.15) is 0 Å². The lowest BCUT2D eigenvalue weighted by Gasteiger charge is -1.64. The van der Waals surface area contributed by atoms with Crippen LogP contribution in [0.25, 0.3) is 0 Å². The van der Waals surface area contributed by atoms with Gasteiger partial charge in [-0.25, -0.2) is 0 Å². The first-order valence-corrected chi connectivity index (χ1v) is 4.96. The maximum atomic E-state index is 4.09. The topological polar surface area (TPSA) is 12.4 Å². The Morgan fingerprint density at radius 2 is 2.80 bits per heavy atom. The highest BCUT2D eigenvalue weighted by molar-refractivity contribution is 7.96. The van der Waals surface area contributed by atoms with Crippen LogP contribution in [-0.4, -0.2) is 15.2 Å². The third-order valence-electron chi connectivity index (χ3n) is 0.521. The molecule has 1 aliphatic heterocycles. The molecule has 1 radical (unpaired) electrons. The molecule has 0 atom stereocenters. The molecule has 0 aromatic heterocycles. The molecule has 1 rings (SSSR count). The van der Waals surface area contributed by atoms with Gasteiger partial charge in [0, 0.05) is 6.54 Å². The van der Waals surface area contributed by atoms with Gasteiger partial charge in [-0.15, -0.1) is 11.0 Å². The molecule has 29 valence electrons. The zero-order chi connectivity index (χ0) is 3.54. The van der Waals surface area contributed by atoms with E-state index < -0.39 is 0 Å². The second-order valence-corrected chi connectivity index (χ2v) is 4.20. The third-order valence-corrected chi connectivity index (χ3v) is 3.32. The highest BCUT2D eigenvalue weighted by atomic mass is 32.3. The Kier molecular flexibility index (Phi) is 1.22. The fourth-order valence-corrected chi connectivity index (χ4v) is 2.60. The quantitative estimate of drug-likeness (QED) is 0.322. The molecular weight excluding hydrogens is 98.2 g/mol. The number of thiol groups is 1. The van der Waals surface area contributed by atoms with E-state index in [1.807, 2.05) is 0 Å². The highest BCUT2D eigenvalue weighted by Gasteiger charge is 1.87. The van der Waals surface area contributed by atoms with Crippen LogP contribution in [0.5, 0.6) is 0 Å². The molecule has 1 aliphatic rings. The number of hydrogen-bond donors (Lipinski definition) is 1. The SMILES string of the molecule is C1C[SiH][SH]=N1. The van der Waals surface area contributed by atoms with Crippen LogP contribution in [0.4, 0.5) is 0 Å². The number of nitrogens with zero attached hydrogens (tertiary/aromatic N) is 1. The maximum absolute atomic E-state index is 4.09. The smallest absolute Gasteiger partial charge is 0.117 e. The van der Waals surface area contributed by atoms with Crippen LogP contribution in [0.3, 0.4) is 0 Å². The van der Waals surface area contributed by atoms with Crippen LogP contribution in [0.15, 0.2) is 4.36 Å². The molecule has 1 heterocycles. The Labute approximate surface area is 37.4 Å². The third kappa shape index (κ3) is 0.849. The normalized spacial score (nSPS) is 22.4. The lowest BCUT2D eigenvalue weighted by molar-refractivity contribution is 1.17. The number of rotatable bonds is 0. The van der Waals surface area contributed by atoms with Gasteiger partial charge >= 0.3 is 0 Å². The average molecular weight is 104 g/mol. The molecule has 1 nitrogen and oxygen atoms in total. The first-order valence-electron chi connectivity index (χ1n) is 1.68. The second-order valence-electron chi connectivity index (χ2n) is 0.952. The standard InChI is InChI=1S/C2H6NSSi/c1-2-5-4-3-1/h4-5H,1-2H2. The van der Waals surface area contributed by atoms with Gasteiger partial charge < -0.3 is 0 Å². The predicted octanol–water partition coefficient (Wildman–Crippen LogP) is -0.232. The summed E-state index contributed by atoms with van der Waals surface area (Å²) < 4.78 is 4.09. The Bertz CT molecular complexity index is 47.6. The van der Waals surface area contributed by atoms with Crippen molar-refractivity contribution in [3.63, 3.8) is 0 Å². The molecular formula is C2H6NSSi. The van der Waals surface area contributed by atoms with Crippen LogP contribution < -0.4 is 0 Å². The van der Waals surface area contributed by atoms with E-state index in [1.54, 1.807) is 0 Å². The molecule has 0 amide bonds. The van der Waals surface area contributed by atoms with Crippen LogP contribution >= 0.6 is 0 Å². The summed E-state index contributed by atoms with van der Waals surface area (Å²) in [4.78, 5) is 0. The van der Waals surface area contributed by atoms with Crippen molar-refractivity contribution in [3.8, 4) is 0 Å². The largest absolute Gasteiger partial charge is 0.274 e. The van der Waals surface area contributed by atoms with Gasteiger partial charge in [-0.3, -0.25) is 4.36 Å². The van der Waals surface area contributed by atoms with Crippen molar-refractivity contribution in [2.45, 2.75) is 6.04 Å². The van der Waals surface area contributed by atoms with Gasteiger partial charge in [0.15, 0.2) is 0 Å². The summed E-state index contributed by atoms with van der Waals surface area (Å²) in [5.41, 5.74) is 0. The molecule has 0 N–H and O–H groups in total. The van der Waals surface area contributed by atoms with E-state index in [1.165, 1.54) is 17.1 Å². The second kappa shape index (κ2) is 1.72. The lowest BCUT2D eigenvalue weighted by Crippen LogP contribution is -1.74. The van der Waals surface area contributed by atoms with E-state index in [4.69, 9.17) is 0 Å². The van der Waals surface area contributed by atoms with Crippen molar-refractivity contribution in [1.82, 2.24) is 0 Å². The molecule has 0 saturated heterocycles. The van der Waals surface area contributed by atoms with Crippen molar-refractivity contribution in [2.24, 2.45) is 4.36 Å². The minimum Gasteiger partial charge on any atom is -0.274 e. The summed E-state index contributed by atoms with van der Waals surface area (Å²) in [5, 5.41) is 0. The van der Waals surface area contributed by atoms with E-state index in [-0.39, 0.29) is 0 Å². The van der Waals surface area contributed by atoms with Crippen LogP contribution in [0.2, 0.25) is 6.04 Å². The molecule has 0 saturated carbocycles. The first kappa shape index (κ1) is 3.55. The maximum Gasteiger partial charge on any atom is 0.117 e. The minimum atomic E-state index is 0.731. The summed E-state index contributed by atoms with van der Waals surface area (Å²) in [5.74, 6) is 0. The zero-order valence-electron chi connectivity index (χ0n) is 2.89. The molecule has 0 aromatic carbocycles. The predicted molar refractivity (Wildman–Crippen MR) is 28.0 cm³/mol. The molecule has 0 spiro atoms. The Morgan fingerprint density at radius 1 is 1.80 bits per heavy atom. The molecule has 0 aromatic rings. The Morgan fingerprint density at radius 3 is 3.00 bits per heavy atom. The summed E-state index contributed by atoms with van der Waals surface area (Å²) in [6.07, 6.45) is 0. The molecule has 5 heavy (non-hydrogen) atoms. The van der Waals surface area contributed by atoms with Gasteiger partial charge in [-0.05, 0) is 6.04 Å². The van der Waals surface area contributed by atoms with Gasteiger partial charge in [0.05, 0.1) is 0 Å². The Balaban J connectivity index is 2.32. The highest BCUT2D eigenvalue weighted by Crippen LogP contribution is 1.87. The van der Waals surface area contributed by atoms with Crippen LogP contribution in [-0.2, 0) is 11.0 Å². The zero-order valence-corrected chi connectivity index (χ0v) is 4.94. The van der Waals surface area contributed by atoms with E-state index in [2.05, 4.69) is 4.36 Å². The van der Waals surface area contributed by atoms with Gasteiger partial charge in [0.1, 0.15) is 8.67 Å².